The highest BCUT2D eigenvalue weighted by Crippen LogP contribution is 2.35. The van der Waals surface area contributed by atoms with Gasteiger partial charge in [-0.25, -0.2) is 0 Å². The lowest BCUT2D eigenvalue weighted by atomic mass is 9.93. The number of aromatic amines is 1. The quantitative estimate of drug-likeness (QED) is 0.819. The molecule has 0 aliphatic carbocycles. The van der Waals surface area contributed by atoms with Crippen LogP contribution < -0.4 is 0 Å². The normalized spacial score (nSPS) is 23.6. The molecular weight excluding hydrogens is 232 g/mol. The Hall–Kier alpha value is -1.54. The molecule has 1 aromatic heterocycles. The van der Waals surface area contributed by atoms with Crippen LogP contribution in [0.1, 0.15) is 30.4 Å². The molecule has 1 saturated heterocycles. The monoisotopic (exact) mass is 252 g/mol. The highest BCUT2D eigenvalue weighted by Gasteiger charge is 2.28. The number of nitrogens with one attached hydrogen (secondary N) is 1. The first-order valence-electron chi connectivity index (χ1n) is 7.33. The van der Waals surface area contributed by atoms with Crippen LogP contribution in [0.15, 0.2) is 30.5 Å². The van der Waals surface area contributed by atoms with Crippen LogP contribution in [0.5, 0.6) is 0 Å². The van der Waals surface area contributed by atoms with Gasteiger partial charge >= 0.3 is 0 Å². The summed E-state index contributed by atoms with van der Waals surface area (Å²) in [6.07, 6.45) is 8.61. The van der Waals surface area contributed by atoms with Crippen molar-refractivity contribution in [1.29, 1.82) is 0 Å². The van der Waals surface area contributed by atoms with E-state index in [0.717, 1.165) is 12.6 Å². The molecule has 2 aromatic rings. The lowest BCUT2D eigenvalue weighted by Gasteiger charge is -2.29. The number of hydrogen-bond acceptors (Lipinski definition) is 1. The van der Waals surface area contributed by atoms with Gasteiger partial charge in [0.2, 0.25) is 0 Å². The van der Waals surface area contributed by atoms with E-state index >= 15 is 0 Å². The zero-order valence-corrected chi connectivity index (χ0v) is 11.4. The van der Waals surface area contributed by atoms with Gasteiger partial charge in [-0.05, 0) is 43.9 Å². The molecule has 1 fully saturated rings. The molecule has 0 unspecified atom stereocenters. The molecule has 4 rings (SSSR count). The minimum atomic E-state index is 0.787. The second-order valence-electron chi connectivity index (χ2n) is 5.92. The molecule has 1 aromatic carbocycles. The molecular formula is C17H20N2. The second-order valence-corrected chi connectivity index (χ2v) is 5.92. The lowest BCUT2D eigenvalue weighted by Crippen LogP contribution is -2.32. The van der Waals surface area contributed by atoms with E-state index in [1.165, 1.54) is 47.8 Å². The summed E-state index contributed by atoms with van der Waals surface area (Å²) in [6, 6.07) is 7.38. The van der Waals surface area contributed by atoms with Crippen molar-refractivity contribution in [2.75, 3.05) is 13.1 Å². The fourth-order valence-corrected chi connectivity index (χ4v) is 3.72. The number of nitrogens with zero attached hydrogens (tertiary/aromatic N) is 1. The van der Waals surface area contributed by atoms with Gasteiger partial charge in [0.1, 0.15) is 0 Å². The van der Waals surface area contributed by atoms with E-state index < -0.39 is 0 Å². The maximum absolute atomic E-state index is 3.46. The Morgan fingerprint density at radius 2 is 2.26 bits per heavy atom. The fourth-order valence-electron chi connectivity index (χ4n) is 3.72. The van der Waals surface area contributed by atoms with Gasteiger partial charge in [-0.2, -0.15) is 0 Å². The van der Waals surface area contributed by atoms with Crippen molar-refractivity contribution in [3.05, 3.63) is 41.6 Å². The van der Waals surface area contributed by atoms with Gasteiger partial charge in [-0.15, -0.1) is 0 Å². The highest BCUT2D eigenvalue weighted by molar-refractivity contribution is 5.94. The second kappa shape index (κ2) is 4.24. The number of fused-ring (bicyclic) bond motifs is 2. The molecule has 19 heavy (non-hydrogen) atoms. The van der Waals surface area contributed by atoms with Crippen LogP contribution in [0.3, 0.4) is 0 Å². The van der Waals surface area contributed by atoms with Gasteiger partial charge in [0, 0.05) is 35.2 Å². The summed E-state index contributed by atoms with van der Waals surface area (Å²) in [5.41, 5.74) is 5.60. The maximum Gasteiger partial charge on any atom is 0.0489 e. The first-order chi connectivity index (χ1) is 9.33. The molecule has 0 spiro atoms. The maximum atomic E-state index is 3.46. The summed E-state index contributed by atoms with van der Waals surface area (Å²) >= 11 is 0. The minimum absolute atomic E-state index is 0.787. The SMILES string of the molecule is Cc1cccc2c(C3=CCN4CCC[C@@H]4C3)c[nH]c12. The van der Waals surface area contributed by atoms with Crippen LogP contribution in [0, 0.1) is 6.92 Å². The average Bonchev–Trinajstić information content (AvgIpc) is 3.04. The molecule has 0 radical (unpaired) electrons. The molecule has 0 bridgehead atoms. The number of aromatic nitrogens is 1. The van der Waals surface area contributed by atoms with Gasteiger partial charge in [-0.1, -0.05) is 24.3 Å². The van der Waals surface area contributed by atoms with E-state index in [-0.39, 0.29) is 0 Å². The molecule has 2 aliphatic heterocycles. The average molecular weight is 252 g/mol. The predicted octanol–water partition coefficient (Wildman–Crippen LogP) is 3.73. The first kappa shape index (κ1) is 11.3. The number of benzene rings is 1. The van der Waals surface area contributed by atoms with E-state index in [1.54, 1.807) is 5.57 Å². The molecule has 2 heteroatoms. The van der Waals surface area contributed by atoms with Crippen molar-refractivity contribution in [1.82, 2.24) is 9.88 Å². The third kappa shape index (κ3) is 1.74. The number of hydrogen-bond donors (Lipinski definition) is 1. The van der Waals surface area contributed by atoms with Crippen LogP contribution in [0.2, 0.25) is 0 Å². The Labute approximate surface area is 114 Å². The number of H-pyrrole nitrogens is 1. The van der Waals surface area contributed by atoms with Gasteiger partial charge in [0.15, 0.2) is 0 Å². The Kier molecular flexibility index (Phi) is 2.52. The van der Waals surface area contributed by atoms with Gasteiger partial charge < -0.3 is 4.98 Å². The van der Waals surface area contributed by atoms with E-state index in [0.29, 0.717) is 0 Å². The Balaban J connectivity index is 1.77. The molecule has 0 amide bonds. The summed E-state index contributed by atoms with van der Waals surface area (Å²) < 4.78 is 0. The Morgan fingerprint density at radius 3 is 3.21 bits per heavy atom. The fraction of sp³-hybridized carbons (Fsp3) is 0.412. The molecule has 98 valence electrons. The van der Waals surface area contributed by atoms with Gasteiger partial charge in [-0.3, -0.25) is 4.90 Å². The molecule has 0 saturated carbocycles. The third-order valence-electron chi connectivity index (χ3n) is 4.80. The van der Waals surface area contributed by atoms with Crippen LogP contribution in [0.4, 0.5) is 0 Å². The zero-order chi connectivity index (χ0) is 12.8. The molecule has 2 aliphatic rings. The summed E-state index contributed by atoms with van der Waals surface area (Å²) in [7, 11) is 0. The van der Waals surface area contributed by atoms with Crippen molar-refractivity contribution < 1.29 is 0 Å². The lowest BCUT2D eigenvalue weighted by molar-refractivity contribution is 0.275. The largest absolute Gasteiger partial charge is 0.360 e. The van der Waals surface area contributed by atoms with Crippen molar-refractivity contribution in [2.45, 2.75) is 32.2 Å². The summed E-state index contributed by atoms with van der Waals surface area (Å²) in [5.74, 6) is 0. The van der Waals surface area contributed by atoms with E-state index in [4.69, 9.17) is 0 Å². The number of aryl methyl sites for hydroxylation is 1. The van der Waals surface area contributed by atoms with Crippen molar-refractivity contribution >= 4 is 16.5 Å². The van der Waals surface area contributed by atoms with Gasteiger partial charge in [0.25, 0.3) is 0 Å². The van der Waals surface area contributed by atoms with Crippen molar-refractivity contribution in [3.63, 3.8) is 0 Å². The Morgan fingerprint density at radius 1 is 1.32 bits per heavy atom. The highest BCUT2D eigenvalue weighted by atomic mass is 15.2. The summed E-state index contributed by atoms with van der Waals surface area (Å²) in [6.45, 7) is 4.61. The van der Waals surface area contributed by atoms with Crippen LogP contribution >= 0.6 is 0 Å². The predicted molar refractivity (Wildman–Crippen MR) is 80.2 cm³/mol. The summed E-state index contributed by atoms with van der Waals surface area (Å²) in [5, 5.41) is 1.39. The molecule has 1 atom stereocenters. The number of rotatable bonds is 1. The van der Waals surface area contributed by atoms with Crippen molar-refractivity contribution in [3.8, 4) is 0 Å². The standard InChI is InChI=1S/C17H20N2/c1-12-4-2-6-15-16(11-18-17(12)15)13-7-9-19-8-3-5-14(19)10-13/h2,4,6-7,11,14,18H,3,5,8-10H2,1H3/t14-/m1/s1. The van der Waals surface area contributed by atoms with Crippen LogP contribution in [0.25, 0.3) is 16.5 Å². The van der Waals surface area contributed by atoms with E-state index in [2.05, 4.69) is 47.3 Å². The van der Waals surface area contributed by atoms with E-state index in [1.807, 2.05) is 0 Å². The third-order valence-corrected chi connectivity index (χ3v) is 4.80. The molecule has 3 heterocycles. The Bertz CT molecular complexity index is 650. The van der Waals surface area contributed by atoms with E-state index in [9.17, 15) is 0 Å². The van der Waals surface area contributed by atoms with Crippen LogP contribution in [-0.4, -0.2) is 29.0 Å². The topological polar surface area (TPSA) is 19.0 Å². The van der Waals surface area contributed by atoms with Crippen molar-refractivity contribution in [2.24, 2.45) is 0 Å². The number of para-hydroxylation sites is 1. The smallest absolute Gasteiger partial charge is 0.0489 e. The summed E-state index contributed by atoms with van der Waals surface area (Å²) in [4.78, 5) is 6.09. The first-order valence-corrected chi connectivity index (χ1v) is 7.33. The molecule has 1 N–H and O–H groups in total. The zero-order valence-electron chi connectivity index (χ0n) is 11.4. The van der Waals surface area contributed by atoms with Gasteiger partial charge in [0.05, 0.1) is 0 Å². The van der Waals surface area contributed by atoms with Crippen LogP contribution in [-0.2, 0) is 0 Å². The minimum Gasteiger partial charge on any atom is -0.360 e. The molecule has 2 nitrogen and oxygen atoms in total.